The summed E-state index contributed by atoms with van der Waals surface area (Å²) < 4.78 is 18.8. The number of benzene rings is 2. The van der Waals surface area contributed by atoms with Gasteiger partial charge in [-0.3, -0.25) is 0 Å². The summed E-state index contributed by atoms with van der Waals surface area (Å²) in [6, 6.07) is 10.2. The fraction of sp³-hybridized carbons (Fsp3) is 0.0667. The molecule has 0 amide bonds. The molecular weight excluding hydrogens is 275 g/mol. The van der Waals surface area contributed by atoms with Crippen molar-refractivity contribution in [2.45, 2.75) is 6.61 Å². The van der Waals surface area contributed by atoms with Crippen LogP contribution >= 0.6 is 0 Å². The molecule has 0 saturated heterocycles. The number of halogens is 1. The molecule has 6 heteroatoms. The molecule has 0 atom stereocenters. The van der Waals surface area contributed by atoms with Gasteiger partial charge in [-0.15, -0.1) is 0 Å². The summed E-state index contributed by atoms with van der Waals surface area (Å²) >= 11 is 0. The predicted molar refractivity (Wildman–Crippen MR) is 73.3 cm³/mol. The van der Waals surface area contributed by atoms with E-state index in [-0.39, 0.29) is 29.2 Å². The third-order valence-corrected chi connectivity index (χ3v) is 2.85. The number of ether oxygens (including phenoxy) is 1. The maximum atomic E-state index is 13.4. The lowest BCUT2D eigenvalue weighted by Crippen LogP contribution is -2.09. The number of nitrogen functional groups attached to an aromatic ring is 1. The van der Waals surface area contributed by atoms with Gasteiger partial charge < -0.3 is 15.6 Å². The van der Waals surface area contributed by atoms with Gasteiger partial charge in [0.2, 0.25) is 0 Å². The summed E-state index contributed by atoms with van der Waals surface area (Å²) in [6.45, 7) is -0.0714. The first-order valence-electron chi connectivity index (χ1n) is 5.96. The second-order valence-corrected chi connectivity index (χ2v) is 4.23. The van der Waals surface area contributed by atoms with E-state index in [1.54, 1.807) is 18.2 Å². The highest BCUT2D eigenvalue weighted by Gasteiger charge is 2.14. The quantitative estimate of drug-likeness (QED) is 0.842. The standard InChI is InChI=1S/C15H11FN2O3/c16-12-6-11(5-4-9(12)7-17)21-8-10-2-1-3-13(18)14(10)15(19)20/h1-6H,8,18H2,(H,19,20). The fourth-order valence-electron chi connectivity index (χ4n) is 1.84. The van der Waals surface area contributed by atoms with Gasteiger partial charge in [0.05, 0.1) is 11.1 Å². The normalized spacial score (nSPS) is 9.90. The van der Waals surface area contributed by atoms with E-state index in [4.69, 9.17) is 20.8 Å². The molecule has 0 aliphatic carbocycles. The van der Waals surface area contributed by atoms with Crippen molar-refractivity contribution in [1.82, 2.24) is 0 Å². The van der Waals surface area contributed by atoms with Crippen LogP contribution in [0, 0.1) is 17.1 Å². The van der Waals surface area contributed by atoms with E-state index < -0.39 is 11.8 Å². The van der Waals surface area contributed by atoms with Crippen molar-refractivity contribution in [3.63, 3.8) is 0 Å². The molecule has 3 N–H and O–H groups in total. The van der Waals surface area contributed by atoms with E-state index in [0.717, 1.165) is 6.07 Å². The molecule has 0 unspecified atom stereocenters. The van der Waals surface area contributed by atoms with Crippen LogP contribution in [0.5, 0.6) is 5.75 Å². The summed E-state index contributed by atoms with van der Waals surface area (Å²) in [4.78, 5) is 11.2. The van der Waals surface area contributed by atoms with Crippen molar-refractivity contribution in [2.75, 3.05) is 5.73 Å². The minimum absolute atomic E-state index is 0.0355. The molecule has 0 saturated carbocycles. The highest BCUT2D eigenvalue weighted by atomic mass is 19.1. The Morgan fingerprint density at radius 2 is 2.14 bits per heavy atom. The Morgan fingerprint density at radius 1 is 1.38 bits per heavy atom. The minimum atomic E-state index is -1.15. The number of nitriles is 1. The lowest BCUT2D eigenvalue weighted by Gasteiger charge is -2.10. The van der Waals surface area contributed by atoms with Gasteiger partial charge in [0.25, 0.3) is 0 Å². The number of carbonyl (C=O) groups is 1. The average molecular weight is 286 g/mol. The highest BCUT2D eigenvalue weighted by molar-refractivity contribution is 5.95. The van der Waals surface area contributed by atoms with Gasteiger partial charge in [-0.05, 0) is 18.2 Å². The molecule has 5 nitrogen and oxygen atoms in total. The van der Waals surface area contributed by atoms with Gasteiger partial charge in [0.1, 0.15) is 24.2 Å². The number of anilines is 1. The Bertz CT molecular complexity index is 738. The molecule has 0 bridgehead atoms. The number of rotatable bonds is 4. The number of carboxylic acid groups (broad SMARTS) is 1. The first-order chi connectivity index (χ1) is 10.0. The zero-order valence-electron chi connectivity index (χ0n) is 10.8. The monoisotopic (exact) mass is 286 g/mol. The minimum Gasteiger partial charge on any atom is -0.489 e. The largest absolute Gasteiger partial charge is 0.489 e. The van der Waals surface area contributed by atoms with Gasteiger partial charge in [0, 0.05) is 17.3 Å². The van der Waals surface area contributed by atoms with E-state index >= 15 is 0 Å². The first kappa shape index (κ1) is 14.3. The molecular formula is C15H11FN2O3. The topological polar surface area (TPSA) is 96.3 Å². The zero-order chi connectivity index (χ0) is 15.4. The maximum Gasteiger partial charge on any atom is 0.338 e. The predicted octanol–water partition coefficient (Wildman–Crippen LogP) is 2.56. The van der Waals surface area contributed by atoms with E-state index in [1.165, 1.54) is 18.2 Å². The third kappa shape index (κ3) is 3.09. The van der Waals surface area contributed by atoms with Crippen LogP contribution in [0.25, 0.3) is 0 Å². The van der Waals surface area contributed by atoms with Gasteiger partial charge in [-0.25, -0.2) is 9.18 Å². The molecule has 106 valence electrons. The molecule has 2 aromatic carbocycles. The van der Waals surface area contributed by atoms with Crippen molar-refractivity contribution < 1.29 is 19.0 Å². The smallest absolute Gasteiger partial charge is 0.338 e. The lowest BCUT2D eigenvalue weighted by atomic mass is 10.1. The molecule has 0 spiro atoms. The molecule has 2 aromatic rings. The summed E-state index contributed by atoms with van der Waals surface area (Å²) in [6.07, 6.45) is 0. The molecule has 21 heavy (non-hydrogen) atoms. The van der Waals surface area contributed by atoms with E-state index in [1.807, 2.05) is 0 Å². The maximum absolute atomic E-state index is 13.4. The first-order valence-corrected chi connectivity index (χ1v) is 5.96. The summed E-state index contributed by atoms with van der Waals surface area (Å²) in [5, 5.41) is 17.8. The number of nitrogens with two attached hydrogens (primary N) is 1. The van der Waals surface area contributed by atoms with E-state index in [0.29, 0.717) is 5.56 Å². The average Bonchev–Trinajstić information content (AvgIpc) is 2.44. The van der Waals surface area contributed by atoms with Crippen LogP contribution in [-0.2, 0) is 6.61 Å². The van der Waals surface area contributed by atoms with Gasteiger partial charge in [-0.2, -0.15) is 5.26 Å². The van der Waals surface area contributed by atoms with Gasteiger partial charge in [0.15, 0.2) is 0 Å². The van der Waals surface area contributed by atoms with Crippen LogP contribution in [0.2, 0.25) is 0 Å². The fourth-order valence-corrected chi connectivity index (χ4v) is 1.84. The van der Waals surface area contributed by atoms with E-state index in [2.05, 4.69) is 0 Å². The molecule has 0 fully saturated rings. The second-order valence-electron chi connectivity index (χ2n) is 4.23. The zero-order valence-corrected chi connectivity index (χ0v) is 10.8. The summed E-state index contributed by atoms with van der Waals surface area (Å²) in [5.41, 5.74) is 6.02. The van der Waals surface area contributed by atoms with Crippen molar-refractivity contribution in [1.29, 1.82) is 5.26 Å². The molecule has 0 radical (unpaired) electrons. The van der Waals surface area contributed by atoms with Crippen LogP contribution in [0.3, 0.4) is 0 Å². The molecule has 0 heterocycles. The summed E-state index contributed by atoms with van der Waals surface area (Å²) in [7, 11) is 0. The van der Waals surface area contributed by atoms with E-state index in [9.17, 15) is 9.18 Å². The van der Waals surface area contributed by atoms with Crippen molar-refractivity contribution >= 4 is 11.7 Å². The number of hydrogen-bond acceptors (Lipinski definition) is 4. The molecule has 0 aromatic heterocycles. The number of carboxylic acids is 1. The third-order valence-electron chi connectivity index (χ3n) is 2.85. The number of nitrogens with zero attached hydrogens (tertiary/aromatic N) is 1. The molecule has 2 rings (SSSR count). The Kier molecular flexibility index (Phi) is 4.05. The van der Waals surface area contributed by atoms with Gasteiger partial charge in [-0.1, -0.05) is 12.1 Å². The van der Waals surface area contributed by atoms with Crippen LogP contribution in [-0.4, -0.2) is 11.1 Å². The Hall–Kier alpha value is -3.07. The SMILES string of the molecule is N#Cc1ccc(OCc2cccc(N)c2C(=O)O)cc1F. The Balaban J connectivity index is 2.21. The lowest BCUT2D eigenvalue weighted by molar-refractivity contribution is 0.0695. The second kappa shape index (κ2) is 5.92. The van der Waals surface area contributed by atoms with Crippen LogP contribution in [0.4, 0.5) is 10.1 Å². The highest BCUT2D eigenvalue weighted by Crippen LogP contribution is 2.21. The number of hydrogen-bond donors (Lipinski definition) is 2. The molecule has 0 aliphatic heterocycles. The Morgan fingerprint density at radius 3 is 2.76 bits per heavy atom. The molecule has 0 aliphatic rings. The van der Waals surface area contributed by atoms with Crippen LogP contribution in [0.1, 0.15) is 21.5 Å². The summed E-state index contributed by atoms with van der Waals surface area (Å²) in [5.74, 6) is -1.65. The van der Waals surface area contributed by atoms with Crippen molar-refractivity contribution in [3.05, 3.63) is 58.9 Å². The van der Waals surface area contributed by atoms with Gasteiger partial charge >= 0.3 is 5.97 Å². The van der Waals surface area contributed by atoms with Crippen molar-refractivity contribution in [2.24, 2.45) is 0 Å². The van der Waals surface area contributed by atoms with Crippen molar-refractivity contribution in [3.8, 4) is 11.8 Å². The number of aromatic carboxylic acids is 1. The van der Waals surface area contributed by atoms with Crippen LogP contribution < -0.4 is 10.5 Å². The Labute approximate surface area is 120 Å². The van der Waals surface area contributed by atoms with Crippen LogP contribution in [0.15, 0.2) is 36.4 Å².